The summed E-state index contributed by atoms with van der Waals surface area (Å²) < 4.78 is 60.5. The van der Waals surface area contributed by atoms with Gasteiger partial charge in [0.1, 0.15) is 4.90 Å². The predicted octanol–water partition coefficient (Wildman–Crippen LogP) is 0.125. The second-order valence-corrected chi connectivity index (χ2v) is 7.54. The van der Waals surface area contributed by atoms with E-state index < -0.39 is 26.0 Å². The Labute approximate surface area is 101 Å². The Morgan fingerprint density at radius 2 is 1.65 bits per heavy atom. The van der Waals surface area contributed by atoms with Crippen molar-refractivity contribution in [3.63, 3.8) is 0 Å². The minimum absolute atomic E-state index is 0.103. The molecule has 0 aliphatic carbocycles. The van der Waals surface area contributed by atoms with E-state index in [0.29, 0.717) is 5.30 Å². The molecule has 1 atom stereocenters. The van der Waals surface area contributed by atoms with E-state index in [9.17, 15) is 16.8 Å². The Bertz CT molecular complexity index is 592. The molecule has 0 amide bonds. The lowest BCUT2D eigenvalue weighted by molar-refractivity contribution is 0.482. The average molecular weight is 298 g/mol. The molecule has 1 aromatic rings. The lowest BCUT2D eigenvalue weighted by Crippen LogP contribution is -2.13. The van der Waals surface area contributed by atoms with E-state index in [4.69, 9.17) is 9.11 Å². The van der Waals surface area contributed by atoms with Crippen LogP contribution in [0.2, 0.25) is 0 Å². The SMILES string of the molecule is O=S(=O)(O)CCPc1ccccc1S(=O)(=O)O. The largest absolute Gasteiger partial charge is 0.295 e. The van der Waals surface area contributed by atoms with Crippen LogP contribution in [0.4, 0.5) is 0 Å². The highest BCUT2D eigenvalue weighted by atomic mass is 32.2. The summed E-state index contributed by atoms with van der Waals surface area (Å²) in [5, 5.41) is 0.346. The summed E-state index contributed by atoms with van der Waals surface area (Å²) in [6.07, 6.45) is 0.103. The van der Waals surface area contributed by atoms with E-state index in [1.54, 1.807) is 6.07 Å². The van der Waals surface area contributed by atoms with Gasteiger partial charge in [0.25, 0.3) is 20.2 Å². The Morgan fingerprint density at radius 1 is 1.06 bits per heavy atom. The van der Waals surface area contributed by atoms with Crippen molar-refractivity contribution in [2.75, 3.05) is 11.9 Å². The molecule has 96 valence electrons. The Hall–Kier alpha value is -0.530. The third-order valence-electron chi connectivity index (χ3n) is 1.84. The molecule has 0 saturated heterocycles. The zero-order chi connectivity index (χ0) is 13.1. The minimum atomic E-state index is -4.30. The Morgan fingerprint density at radius 3 is 2.18 bits per heavy atom. The summed E-state index contributed by atoms with van der Waals surface area (Å²) in [5.41, 5.74) is 0. The number of hydrogen-bond donors (Lipinski definition) is 2. The summed E-state index contributed by atoms with van der Waals surface area (Å²) >= 11 is 0. The van der Waals surface area contributed by atoms with Crippen molar-refractivity contribution in [2.45, 2.75) is 4.90 Å². The normalized spacial score (nSPS) is 13.3. The Kier molecular flexibility index (Phi) is 4.62. The highest BCUT2D eigenvalue weighted by Crippen LogP contribution is 2.17. The molecule has 0 spiro atoms. The quantitative estimate of drug-likeness (QED) is 0.590. The summed E-state index contributed by atoms with van der Waals surface area (Å²) in [7, 11) is -8.48. The first kappa shape index (κ1) is 14.5. The van der Waals surface area contributed by atoms with Gasteiger partial charge in [-0.1, -0.05) is 26.8 Å². The van der Waals surface area contributed by atoms with E-state index in [-0.39, 0.29) is 19.6 Å². The van der Waals surface area contributed by atoms with Gasteiger partial charge in [-0.25, -0.2) is 0 Å². The molecule has 1 rings (SSSR count). The van der Waals surface area contributed by atoms with Crippen molar-refractivity contribution < 1.29 is 25.9 Å². The van der Waals surface area contributed by atoms with Gasteiger partial charge >= 0.3 is 0 Å². The standard InChI is InChI=1S/C8H11O6PS2/c9-16(10,11)6-5-15-7-3-1-2-4-8(7)17(12,13)14/h1-4,15H,5-6H2,(H,9,10,11)(H,12,13,14). The van der Waals surface area contributed by atoms with Crippen LogP contribution < -0.4 is 5.30 Å². The van der Waals surface area contributed by atoms with Crippen LogP contribution in [-0.2, 0) is 20.2 Å². The fourth-order valence-electron chi connectivity index (χ4n) is 1.15. The molecule has 6 nitrogen and oxygen atoms in total. The van der Waals surface area contributed by atoms with Gasteiger partial charge in [0.2, 0.25) is 0 Å². The van der Waals surface area contributed by atoms with Gasteiger partial charge in [-0.15, -0.1) is 0 Å². The van der Waals surface area contributed by atoms with E-state index in [1.165, 1.54) is 18.2 Å². The van der Waals surface area contributed by atoms with Crippen LogP contribution in [-0.4, -0.2) is 37.9 Å². The molecule has 0 aromatic heterocycles. The Balaban J connectivity index is 2.86. The molecule has 1 aromatic carbocycles. The first-order valence-corrected chi connectivity index (χ1v) is 8.71. The zero-order valence-electron chi connectivity index (χ0n) is 8.57. The van der Waals surface area contributed by atoms with Crippen LogP contribution in [0.1, 0.15) is 0 Å². The van der Waals surface area contributed by atoms with Crippen molar-refractivity contribution >= 4 is 34.1 Å². The van der Waals surface area contributed by atoms with Crippen molar-refractivity contribution in [3.05, 3.63) is 24.3 Å². The maximum Gasteiger partial charge on any atom is 0.295 e. The summed E-state index contributed by atoms with van der Waals surface area (Å²) in [4.78, 5) is -0.228. The fraction of sp³-hybridized carbons (Fsp3) is 0.250. The monoisotopic (exact) mass is 298 g/mol. The molecular weight excluding hydrogens is 287 g/mol. The van der Waals surface area contributed by atoms with Crippen LogP contribution in [0.5, 0.6) is 0 Å². The molecule has 1 unspecified atom stereocenters. The van der Waals surface area contributed by atoms with Gasteiger partial charge in [-0.05, 0) is 17.5 Å². The summed E-state index contributed by atoms with van der Waals surface area (Å²) in [6.45, 7) is 0. The third kappa shape index (κ3) is 5.10. The van der Waals surface area contributed by atoms with E-state index >= 15 is 0 Å². The number of hydrogen-bond acceptors (Lipinski definition) is 4. The molecule has 0 fully saturated rings. The molecule has 2 N–H and O–H groups in total. The van der Waals surface area contributed by atoms with Gasteiger partial charge in [0.15, 0.2) is 0 Å². The predicted molar refractivity (Wildman–Crippen MR) is 65.5 cm³/mol. The second-order valence-electron chi connectivity index (χ2n) is 3.18. The van der Waals surface area contributed by atoms with Crippen LogP contribution in [0.15, 0.2) is 29.2 Å². The lowest BCUT2D eigenvalue weighted by atomic mass is 10.4. The van der Waals surface area contributed by atoms with Crippen LogP contribution >= 0.6 is 8.58 Å². The van der Waals surface area contributed by atoms with Crippen molar-refractivity contribution in [1.82, 2.24) is 0 Å². The highest BCUT2D eigenvalue weighted by molar-refractivity contribution is 7.87. The second kappa shape index (κ2) is 5.41. The summed E-state index contributed by atoms with van der Waals surface area (Å²) in [5.74, 6) is -0.439. The van der Waals surface area contributed by atoms with Gasteiger partial charge in [0.05, 0.1) is 5.75 Å². The van der Waals surface area contributed by atoms with E-state index in [1.807, 2.05) is 0 Å². The minimum Gasteiger partial charge on any atom is -0.286 e. The zero-order valence-corrected chi connectivity index (χ0v) is 11.2. The van der Waals surface area contributed by atoms with Crippen LogP contribution in [0.25, 0.3) is 0 Å². The van der Waals surface area contributed by atoms with Gasteiger partial charge in [-0.3, -0.25) is 9.11 Å². The molecule has 17 heavy (non-hydrogen) atoms. The van der Waals surface area contributed by atoms with E-state index in [0.717, 1.165) is 0 Å². The van der Waals surface area contributed by atoms with Crippen molar-refractivity contribution in [2.24, 2.45) is 0 Å². The first-order valence-electron chi connectivity index (χ1n) is 4.46. The maximum absolute atomic E-state index is 11.0. The molecule has 0 aliphatic rings. The van der Waals surface area contributed by atoms with Gasteiger partial charge in [0, 0.05) is 0 Å². The molecule has 9 heteroatoms. The van der Waals surface area contributed by atoms with Gasteiger partial charge < -0.3 is 0 Å². The molecular formula is C8H11O6PS2. The van der Waals surface area contributed by atoms with E-state index in [2.05, 4.69) is 0 Å². The van der Waals surface area contributed by atoms with Crippen LogP contribution in [0.3, 0.4) is 0 Å². The maximum atomic E-state index is 11.0. The topological polar surface area (TPSA) is 109 Å². The van der Waals surface area contributed by atoms with Gasteiger partial charge in [-0.2, -0.15) is 16.8 Å². The number of rotatable bonds is 5. The van der Waals surface area contributed by atoms with Crippen LogP contribution in [0, 0.1) is 0 Å². The third-order valence-corrected chi connectivity index (χ3v) is 5.33. The molecule has 0 aliphatic heterocycles. The first-order chi connectivity index (χ1) is 7.70. The average Bonchev–Trinajstić information content (AvgIpc) is 2.15. The highest BCUT2D eigenvalue weighted by Gasteiger charge is 2.14. The summed E-state index contributed by atoms with van der Waals surface area (Å²) in [6, 6.07) is 5.78. The lowest BCUT2D eigenvalue weighted by Gasteiger charge is -2.05. The molecule has 0 radical (unpaired) electrons. The van der Waals surface area contributed by atoms with Crippen molar-refractivity contribution in [3.8, 4) is 0 Å². The van der Waals surface area contributed by atoms with Crippen molar-refractivity contribution in [1.29, 1.82) is 0 Å². The molecule has 0 saturated carbocycles. The molecule has 0 bridgehead atoms. The smallest absolute Gasteiger partial charge is 0.286 e. The molecule has 0 heterocycles. The fourth-order valence-corrected chi connectivity index (χ4v) is 4.53. The number of benzene rings is 1.